The summed E-state index contributed by atoms with van der Waals surface area (Å²) >= 11 is 0. The van der Waals surface area contributed by atoms with Crippen LogP contribution in [0.3, 0.4) is 0 Å². The largest absolute Gasteiger partial charge is 0.384 e. The Hall–Kier alpha value is -1.51. The second-order valence-corrected chi connectivity index (χ2v) is 3.23. The van der Waals surface area contributed by atoms with Crippen LogP contribution in [0.2, 0.25) is 0 Å². The standard InChI is InChI=1S/C10H13N3/c11-9-6-3-7-10(13-9)12-8-4-1-2-5-8/h1-3,6-8H,4-5H2,(H3,11,12,13). The number of hydrogen-bond acceptors (Lipinski definition) is 3. The molecular formula is C10H13N3. The van der Waals surface area contributed by atoms with E-state index in [-0.39, 0.29) is 0 Å². The lowest BCUT2D eigenvalue weighted by Crippen LogP contribution is -2.16. The number of aromatic nitrogens is 1. The predicted molar refractivity (Wildman–Crippen MR) is 54.4 cm³/mol. The topological polar surface area (TPSA) is 50.9 Å². The van der Waals surface area contributed by atoms with Crippen LogP contribution in [0.1, 0.15) is 12.8 Å². The lowest BCUT2D eigenvalue weighted by atomic mass is 10.2. The molecular weight excluding hydrogens is 162 g/mol. The SMILES string of the molecule is Nc1cccc(NC2CC=CC2)n1. The van der Waals surface area contributed by atoms with Crippen molar-refractivity contribution in [2.24, 2.45) is 0 Å². The molecule has 0 aliphatic heterocycles. The minimum atomic E-state index is 0.495. The van der Waals surface area contributed by atoms with E-state index in [1.807, 2.05) is 12.1 Å². The highest BCUT2D eigenvalue weighted by Gasteiger charge is 2.09. The van der Waals surface area contributed by atoms with Gasteiger partial charge in [-0.15, -0.1) is 0 Å². The number of nitrogens with two attached hydrogens (primary N) is 1. The zero-order valence-electron chi connectivity index (χ0n) is 7.40. The van der Waals surface area contributed by atoms with Gasteiger partial charge in [-0.1, -0.05) is 18.2 Å². The molecule has 1 heterocycles. The molecule has 3 N–H and O–H groups in total. The third-order valence-corrected chi connectivity index (χ3v) is 2.13. The maximum atomic E-state index is 5.57. The minimum Gasteiger partial charge on any atom is -0.384 e. The molecule has 13 heavy (non-hydrogen) atoms. The molecule has 0 aromatic carbocycles. The molecule has 0 radical (unpaired) electrons. The molecule has 1 aromatic heterocycles. The van der Waals surface area contributed by atoms with Gasteiger partial charge in [-0.05, 0) is 25.0 Å². The first-order chi connectivity index (χ1) is 6.34. The number of nitrogen functional groups attached to an aromatic ring is 1. The average Bonchev–Trinajstić information content (AvgIpc) is 2.57. The van der Waals surface area contributed by atoms with Crippen molar-refractivity contribution in [3.8, 4) is 0 Å². The van der Waals surface area contributed by atoms with E-state index in [1.54, 1.807) is 6.07 Å². The summed E-state index contributed by atoms with van der Waals surface area (Å²) < 4.78 is 0. The van der Waals surface area contributed by atoms with Gasteiger partial charge in [0.2, 0.25) is 0 Å². The smallest absolute Gasteiger partial charge is 0.128 e. The van der Waals surface area contributed by atoms with Crippen LogP contribution in [-0.4, -0.2) is 11.0 Å². The van der Waals surface area contributed by atoms with E-state index >= 15 is 0 Å². The fourth-order valence-corrected chi connectivity index (χ4v) is 1.48. The molecule has 3 nitrogen and oxygen atoms in total. The third kappa shape index (κ3) is 1.99. The molecule has 0 bridgehead atoms. The average molecular weight is 175 g/mol. The highest BCUT2D eigenvalue weighted by molar-refractivity contribution is 5.43. The molecule has 1 aliphatic carbocycles. The van der Waals surface area contributed by atoms with Crippen LogP contribution in [0.4, 0.5) is 11.6 Å². The van der Waals surface area contributed by atoms with Gasteiger partial charge in [-0.3, -0.25) is 0 Å². The third-order valence-electron chi connectivity index (χ3n) is 2.13. The van der Waals surface area contributed by atoms with Gasteiger partial charge in [0.15, 0.2) is 0 Å². The van der Waals surface area contributed by atoms with Crippen LogP contribution in [0.5, 0.6) is 0 Å². The Morgan fingerprint density at radius 2 is 2.08 bits per heavy atom. The van der Waals surface area contributed by atoms with Gasteiger partial charge >= 0.3 is 0 Å². The van der Waals surface area contributed by atoms with Crippen molar-refractivity contribution in [2.75, 3.05) is 11.1 Å². The van der Waals surface area contributed by atoms with Crippen molar-refractivity contribution in [1.82, 2.24) is 4.98 Å². The van der Waals surface area contributed by atoms with Gasteiger partial charge in [0.25, 0.3) is 0 Å². The van der Waals surface area contributed by atoms with Gasteiger partial charge in [0.05, 0.1) is 0 Å². The molecule has 0 spiro atoms. The molecule has 0 atom stereocenters. The van der Waals surface area contributed by atoms with E-state index in [0.717, 1.165) is 18.7 Å². The fraction of sp³-hybridized carbons (Fsp3) is 0.300. The van der Waals surface area contributed by atoms with Gasteiger partial charge < -0.3 is 11.1 Å². The summed E-state index contributed by atoms with van der Waals surface area (Å²) in [5.74, 6) is 1.43. The summed E-state index contributed by atoms with van der Waals surface area (Å²) in [5.41, 5.74) is 5.57. The summed E-state index contributed by atoms with van der Waals surface area (Å²) in [7, 11) is 0. The predicted octanol–water partition coefficient (Wildman–Crippen LogP) is 1.79. The van der Waals surface area contributed by atoms with Gasteiger partial charge in [0.1, 0.15) is 11.6 Å². The van der Waals surface area contributed by atoms with E-state index in [4.69, 9.17) is 5.73 Å². The quantitative estimate of drug-likeness (QED) is 0.674. The Balaban J connectivity index is 2.01. The van der Waals surface area contributed by atoms with Crippen LogP contribution < -0.4 is 11.1 Å². The van der Waals surface area contributed by atoms with Gasteiger partial charge in [0, 0.05) is 6.04 Å². The Morgan fingerprint density at radius 1 is 1.31 bits per heavy atom. The molecule has 0 saturated carbocycles. The zero-order valence-corrected chi connectivity index (χ0v) is 7.40. The summed E-state index contributed by atoms with van der Waals surface area (Å²) in [5, 5.41) is 3.33. The maximum Gasteiger partial charge on any atom is 0.128 e. The van der Waals surface area contributed by atoms with Crippen LogP contribution >= 0.6 is 0 Å². The Bertz CT molecular complexity index is 312. The molecule has 0 saturated heterocycles. The van der Waals surface area contributed by atoms with E-state index in [0.29, 0.717) is 11.9 Å². The van der Waals surface area contributed by atoms with Crippen LogP contribution in [0.15, 0.2) is 30.4 Å². The molecule has 0 unspecified atom stereocenters. The van der Waals surface area contributed by atoms with Crippen molar-refractivity contribution >= 4 is 11.6 Å². The normalized spacial score (nSPS) is 16.3. The maximum absolute atomic E-state index is 5.57. The number of nitrogens with one attached hydrogen (secondary N) is 1. The summed E-state index contributed by atoms with van der Waals surface area (Å²) in [6, 6.07) is 6.13. The summed E-state index contributed by atoms with van der Waals surface area (Å²) in [6.45, 7) is 0. The summed E-state index contributed by atoms with van der Waals surface area (Å²) in [6.07, 6.45) is 6.53. The zero-order chi connectivity index (χ0) is 9.10. The second kappa shape index (κ2) is 3.47. The first-order valence-electron chi connectivity index (χ1n) is 4.48. The first kappa shape index (κ1) is 8.10. The van der Waals surface area contributed by atoms with Crippen LogP contribution in [0, 0.1) is 0 Å². The molecule has 0 fully saturated rings. The van der Waals surface area contributed by atoms with Crippen LogP contribution in [-0.2, 0) is 0 Å². The van der Waals surface area contributed by atoms with Gasteiger partial charge in [-0.25, -0.2) is 4.98 Å². The number of nitrogens with zero attached hydrogens (tertiary/aromatic N) is 1. The molecule has 3 heteroatoms. The van der Waals surface area contributed by atoms with Crippen molar-refractivity contribution in [3.63, 3.8) is 0 Å². The highest BCUT2D eigenvalue weighted by Crippen LogP contribution is 2.15. The minimum absolute atomic E-state index is 0.495. The van der Waals surface area contributed by atoms with Crippen molar-refractivity contribution in [1.29, 1.82) is 0 Å². The number of pyridine rings is 1. The molecule has 1 aliphatic rings. The highest BCUT2D eigenvalue weighted by atomic mass is 15.0. The lowest BCUT2D eigenvalue weighted by molar-refractivity contribution is 0.781. The van der Waals surface area contributed by atoms with Crippen molar-refractivity contribution < 1.29 is 0 Å². The van der Waals surface area contributed by atoms with Gasteiger partial charge in [-0.2, -0.15) is 0 Å². The number of anilines is 2. The number of rotatable bonds is 2. The molecule has 2 rings (SSSR count). The first-order valence-corrected chi connectivity index (χ1v) is 4.48. The second-order valence-electron chi connectivity index (χ2n) is 3.23. The molecule has 0 amide bonds. The van der Waals surface area contributed by atoms with E-state index in [2.05, 4.69) is 22.5 Å². The van der Waals surface area contributed by atoms with Crippen LogP contribution in [0.25, 0.3) is 0 Å². The number of hydrogen-bond donors (Lipinski definition) is 2. The van der Waals surface area contributed by atoms with Crippen molar-refractivity contribution in [2.45, 2.75) is 18.9 Å². The fourth-order valence-electron chi connectivity index (χ4n) is 1.48. The van der Waals surface area contributed by atoms with E-state index in [9.17, 15) is 0 Å². The Morgan fingerprint density at radius 3 is 2.77 bits per heavy atom. The molecule has 1 aromatic rings. The van der Waals surface area contributed by atoms with E-state index < -0.39 is 0 Å². The monoisotopic (exact) mass is 175 g/mol. The van der Waals surface area contributed by atoms with Crippen molar-refractivity contribution in [3.05, 3.63) is 30.4 Å². The lowest BCUT2D eigenvalue weighted by Gasteiger charge is -2.12. The Kier molecular flexibility index (Phi) is 2.17. The van der Waals surface area contributed by atoms with E-state index in [1.165, 1.54) is 0 Å². The molecule has 68 valence electrons. The summed E-state index contributed by atoms with van der Waals surface area (Å²) in [4.78, 5) is 4.18. The Labute approximate surface area is 77.7 Å².